The Bertz CT molecular complexity index is 1490. The molecule has 11 nitrogen and oxygen atoms in total. The van der Waals surface area contributed by atoms with Crippen molar-refractivity contribution in [2.75, 3.05) is 43.4 Å². The predicted octanol–water partition coefficient (Wildman–Crippen LogP) is 3.89. The van der Waals surface area contributed by atoms with Crippen LogP contribution in [0.4, 0.5) is 15.6 Å². The normalized spacial score (nSPS) is 14.0. The number of nitrogens with one attached hydrogen (secondary N) is 1. The minimum absolute atomic E-state index is 0.286. The van der Waals surface area contributed by atoms with E-state index in [2.05, 4.69) is 36.6 Å². The van der Waals surface area contributed by atoms with Gasteiger partial charge in [-0.2, -0.15) is 10.4 Å². The number of hydrogen-bond donors (Lipinski definition) is 1. The molecule has 1 fully saturated rings. The lowest BCUT2D eigenvalue weighted by atomic mass is 10.2. The van der Waals surface area contributed by atoms with Gasteiger partial charge in [-0.25, -0.2) is 9.31 Å². The van der Waals surface area contributed by atoms with Crippen LogP contribution in [0.25, 0.3) is 27.5 Å². The molecule has 37 heavy (non-hydrogen) atoms. The van der Waals surface area contributed by atoms with E-state index in [1.165, 1.54) is 11.3 Å². The van der Waals surface area contributed by atoms with Crippen molar-refractivity contribution in [1.29, 1.82) is 5.26 Å². The number of aromatic nitrogens is 5. The van der Waals surface area contributed by atoms with Gasteiger partial charge in [0, 0.05) is 45.1 Å². The molecule has 5 rings (SSSR count). The summed E-state index contributed by atoms with van der Waals surface area (Å²) in [5.41, 5.74) is 4.11. The first-order valence-electron chi connectivity index (χ1n) is 11.9. The van der Waals surface area contributed by atoms with Crippen molar-refractivity contribution in [1.82, 2.24) is 29.7 Å². The predicted molar refractivity (Wildman–Crippen MR) is 142 cm³/mol. The summed E-state index contributed by atoms with van der Waals surface area (Å²) in [5.74, 6) is 0. The summed E-state index contributed by atoms with van der Waals surface area (Å²) in [7, 11) is 1.86. The summed E-state index contributed by atoms with van der Waals surface area (Å²) in [6.45, 7) is 8.06. The van der Waals surface area contributed by atoms with Crippen LogP contribution in [0.3, 0.4) is 0 Å². The Morgan fingerprint density at radius 2 is 1.92 bits per heavy atom. The summed E-state index contributed by atoms with van der Waals surface area (Å²) >= 11 is 1.49. The number of rotatable bonds is 4. The summed E-state index contributed by atoms with van der Waals surface area (Å²) in [5, 5.41) is 27.2. The minimum atomic E-state index is -0.511. The molecule has 0 aromatic carbocycles. The standard InChI is InChI=1S/C25H27N9O2S/c1-25(2,3)36-24(35)33-9-7-32(8-10-33)23-31-30-22(37-23)18-15-28-20(12-19(18)27-4)21-6-5-17-11-16(13-26)14-29-34(17)21/h5-6,11-12,14-15H,7-10H2,1-4H3,(H,27,28). The topological polar surface area (TPSA) is 125 Å². The van der Waals surface area contributed by atoms with E-state index in [1.807, 2.05) is 46.0 Å². The molecule has 1 saturated heterocycles. The van der Waals surface area contributed by atoms with E-state index >= 15 is 0 Å². The number of amides is 1. The van der Waals surface area contributed by atoms with Crippen LogP contribution in [0.1, 0.15) is 26.3 Å². The zero-order valence-corrected chi connectivity index (χ0v) is 21.9. The third kappa shape index (κ3) is 5.03. The molecule has 0 bridgehead atoms. The summed E-state index contributed by atoms with van der Waals surface area (Å²) < 4.78 is 7.25. The van der Waals surface area contributed by atoms with Gasteiger partial charge >= 0.3 is 6.09 Å². The highest BCUT2D eigenvalue weighted by Crippen LogP contribution is 2.35. The van der Waals surface area contributed by atoms with E-state index < -0.39 is 5.60 Å². The molecule has 4 aromatic heterocycles. The van der Waals surface area contributed by atoms with E-state index in [-0.39, 0.29) is 6.09 Å². The lowest BCUT2D eigenvalue weighted by Gasteiger charge is -2.35. The van der Waals surface area contributed by atoms with Crippen molar-refractivity contribution < 1.29 is 9.53 Å². The first-order valence-corrected chi connectivity index (χ1v) is 12.7. The lowest BCUT2D eigenvalue weighted by Crippen LogP contribution is -2.50. The fourth-order valence-electron chi connectivity index (χ4n) is 4.09. The Morgan fingerprint density at radius 3 is 2.62 bits per heavy atom. The van der Waals surface area contributed by atoms with E-state index in [0.717, 1.165) is 38.3 Å². The maximum Gasteiger partial charge on any atom is 0.410 e. The fraction of sp³-hybridized carbons (Fsp3) is 0.360. The molecule has 0 saturated carbocycles. The van der Waals surface area contributed by atoms with Crippen molar-refractivity contribution in [2.45, 2.75) is 26.4 Å². The molecule has 5 heterocycles. The van der Waals surface area contributed by atoms with Crippen LogP contribution < -0.4 is 10.2 Å². The molecule has 0 radical (unpaired) electrons. The maximum atomic E-state index is 12.4. The molecular formula is C25H27N9O2S. The number of nitrogens with zero attached hydrogens (tertiary/aromatic N) is 8. The second-order valence-corrected chi connectivity index (χ2v) is 10.6. The molecule has 4 aromatic rings. The van der Waals surface area contributed by atoms with E-state index in [4.69, 9.17) is 10.00 Å². The van der Waals surface area contributed by atoms with Crippen LogP contribution >= 0.6 is 11.3 Å². The van der Waals surface area contributed by atoms with E-state index in [9.17, 15) is 4.79 Å². The zero-order chi connectivity index (χ0) is 26.2. The number of anilines is 2. The van der Waals surface area contributed by atoms with Crippen LogP contribution in [0, 0.1) is 11.3 Å². The first kappa shape index (κ1) is 24.5. The van der Waals surface area contributed by atoms with Gasteiger partial charge in [0.15, 0.2) is 5.01 Å². The molecular weight excluding hydrogens is 490 g/mol. The summed E-state index contributed by atoms with van der Waals surface area (Å²) in [6, 6.07) is 9.71. The number of nitriles is 1. The second-order valence-electron chi connectivity index (χ2n) is 9.62. The number of piperazine rings is 1. The van der Waals surface area contributed by atoms with E-state index in [0.29, 0.717) is 31.7 Å². The molecule has 190 valence electrons. The smallest absolute Gasteiger partial charge is 0.410 e. The van der Waals surface area contributed by atoms with Crippen LogP contribution in [-0.2, 0) is 4.74 Å². The Kier molecular flexibility index (Phi) is 6.39. The Balaban J connectivity index is 1.33. The van der Waals surface area contributed by atoms with Gasteiger partial charge in [0.2, 0.25) is 5.13 Å². The van der Waals surface area contributed by atoms with Gasteiger partial charge in [0.1, 0.15) is 11.7 Å². The molecule has 0 spiro atoms. The Labute approximate surface area is 218 Å². The highest BCUT2D eigenvalue weighted by atomic mass is 32.1. The van der Waals surface area contributed by atoms with Gasteiger partial charge in [-0.05, 0) is 45.0 Å². The third-order valence-electron chi connectivity index (χ3n) is 5.91. The van der Waals surface area contributed by atoms with Crippen LogP contribution in [0.5, 0.6) is 0 Å². The van der Waals surface area contributed by atoms with E-state index in [1.54, 1.807) is 27.9 Å². The van der Waals surface area contributed by atoms with Crippen LogP contribution in [-0.4, -0.2) is 74.6 Å². The highest BCUT2D eigenvalue weighted by Gasteiger charge is 2.27. The van der Waals surface area contributed by atoms with Crippen LogP contribution in [0.15, 0.2) is 36.7 Å². The van der Waals surface area contributed by atoms with Gasteiger partial charge < -0.3 is 19.9 Å². The quantitative estimate of drug-likeness (QED) is 0.429. The largest absolute Gasteiger partial charge is 0.444 e. The van der Waals surface area contributed by atoms with Gasteiger partial charge in [-0.1, -0.05) is 11.3 Å². The number of hydrogen-bond acceptors (Lipinski definition) is 10. The molecule has 0 atom stereocenters. The van der Waals surface area contributed by atoms with Crippen LogP contribution in [0.2, 0.25) is 0 Å². The number of fused-ring (bicyclic) bond motifs is 1. The number of carbonyl (C=O) groups excluding carboxylic acids is 1. The SMILES string of the molecule is CNc1cc(-c2ccc3cc(C#N)cnn23)ncc1-c1nnc(N2CCN(C(=O)OC(C)(C)C)CC2)s1. The van der Waals surface area contributed by atoms with Gasteiger partial charge in [0.05, 0.1) is 34.2 Å². The minimum Gasteiger partial charge on any atom is -0.444 e. The molecule has 1 aliphatic heterocycles. The average Bonchev–Trinajstić information content (AvgIpc) is 3.54. The molecule has 1 aliphatic rings. The second kappa shape index (κ2) is 9.67. The highest BCUT2D eigenvalue weighted by molar-refractivity contribution is 7.18. The lowest BCUT2D eigenvalue weighted by molar-refractivity contribution is 0.0240. The molecule has 1 amide bonds. The Hall–Kier alpha value is -4.24. The molecule has 12 heteroatoms. The van der Waals surface area contributed by atoms with Crippen molar-refractivity contribution in [3.05, 3.63) is 42.2 Å². The average molecular weight is 518 g/mol. The van der Waals surface area contributed by atoms with Crippen molar-refractivity contribution in [2.24, 2.45) is 0 Å². The van der Waals surface area contributed by atoms with Gasteiger partial charge in [0.25, 0.3) is 0 Å². The van der Waals surface area contributed by atoms with Crippen molar-refractivity contribution >= 4 is 33.8 Å². The molecule has 0 unspecified atom stereocenters. The monoisotopic (exact) mass is 517 g/mol. The molecule has 0 aliphatic carbocycles. The number of ether oxygens (including phenoxy) is 1. The fourth-order valence-corrected chi connectivity index (χ4v) is 5.01. The summed E-state index contributed by atoms with van der Waals surface area (Å²) in [4.78, 5) is 20.9. The molecule has 1 N–H and O–H groups in total. The van der Waals surface area contributed by atoms with Crippen molar-refractivity contribution in [3.63, 3.8) is 0 Å². The van der Waals surface area contributed by atoms with Gasteiger partial charge in [-0.15, -0.1) is 10.2 Å². The van der Waals surface area contributed by atoms with Gasteiger partial charge in [-0.3, -0.25) is 4.98 Å². The zero-order valence-electron chi connectivity index (χ0n) is 21.1. The summed E-state index contributed by atoms with van der Waals surface area (Å²) in [6.07, 6.45) is 3.04. The number of carbonyl (C=O) groups is 1. The maximum absolute atomic E-state index is 12.4. The third-order valence-corrected chi connectivity index (χ3v) is 6.93. The Morgan fingerprint density at radius 1 is 1.14 bits per heavy atom. The van der Waals surface area contributed by atoms with Crippen molar-refractivity contribution in [3.8, 4) is 28.0 Å². The number of pyridine rings is 1. The first-order chi connectivity index (χ1) is 17.8.